The summed E-state index contributed by atoms with van der Waals surface area (Å²) < 4.78 is 39.3. The van der Waals surface area contributed by atoms with Gasteiger partial charge in [0, 0.05) is 11.9 Å². The molecule has 0 saturated heterocycles. The van der Waals surface area contributed by atoms with Crippen molar-refractivity contribution in [2.75, 3.05) is 0 Å². The van der Waals surface area contributed by atoms with Crippen LogP contribution in [0.5, 0.6) is 0 Å². The molecule has 0 aliphatic heterocycles. The zero-order valence-corrected chi connectivity index (χ0v) is 11.1. The van der Waals surface area contributed by atoms with Gasteiger partial charge < -0.3 is 0 Å². The summed E-state index contributed by atoms with van der Waals surface area (Å²) in [5, 5.41) is 3.02. The molecular formula is C12H12F3N3S. The zero-order valence-electron chi connectivity index (χ0n) is 10.3. The molecule has 0 aliphatic rings. The van der Waals surface area contributed by atoms with E-state index in [0.717, 1.165) is 18.0 Å². The van der Waals surface area contributed by atoms with E-state index >= 15 is 0 Å². The van der Waals surface area contributed by atoms with Gasteiger partial charge in [0.25, 0.3) is 0 Å². The normalized spacial score (nSPS) is 12.1. The summed E-state index contributed by atoms with van der Waals surface area (Å²) in [6.07, 6.45) is -3.58. The number of alkyl halides is 3. The van der Waals surface area contributed by atoms with Crippen molar-refractivity contribution in [1.29, 1.82) is 0 Å². The van der Waals surface area contributed by atoms with Crippen molar-refractivity contribution in [3.05, 3.63) is 40.3 Å². The summed E-state index contributed by atoms with van der Waals surface area (Å²) >= 11 is 5.15. The number of rotatable bonds is 2. The Hall–Kier alpha value is -1.63. The highest BCUT2D eigenvalue weighted by Crippen LogP contribution is 2.28. The molecule has 1 N–H and O–H groups in total. The SMILES string of the molecule is CC(C)c1cc(=S)n(-c2ccc(C(F)(F)F)cn2)[nH]1. The van der Waals surface area contributed by atoms with E-state index in [1.807, 2.05) is 13.8 Å². The van der Waals surface area contributed by atoms with Crippen molar-refractivity contribution < 1.29 is 13.2 Å². The molecule has 102 valence electrons. The van der Waals surface area contributed by atoms with Gasteiger partial charge in [0.1, 0.15) is 4.64 Å². The van der Waals surface area contributed by atoms with Crippen LogP contribution >= 0.6 is 12.2 Å². The number of hydrogen-bond donors (Lipinski definition) is 1. The lowest BCUT2D eigenvalue weighted by Crippen LogP contribution is -2.07. The van der Waals surface area contributed by atoms with Crippen molar-refractivity contribution in [3.8, 4) is 5.82 Å². The fourth-order valence-electron chi connectivity index (χ4n) is 1.57. The maximum absolute atomic E-state index is 12.4. The lowest BCUT2D eigenvalue weighted by molar-refractivity contribution is -0.137. The smallest absolute Gasteiger partial charge is 0.295 e. The van der Waals surface area contributed by atoms with Gasteiger partial charge in [0.2, 0.25) is 0 Å². The quantitative estimate of drug-likeness (QED) is 0.845. The van der Waals surface area contributed by atoms with Gasteiger partial charge in [-0.05, 0) is 24.1 Å². The minimum Gasteiger partial charge on any atom is -0.295 e. The molecule has 2 rings (SSSR count). The van der Waals surface area contributed by atoms with Gasteiger partial charge in [-0.1, -0.05) is 26.1 Å². The largest absolute Gasteiger partial charge is 0.417 e. The molecule has 19 heavy (non-hydrogen) atoms. The van der Waals surface area contributed by atoms with Crippen LogP contribution in [0.2, 0.25) is 0 Å². The van der Waals surface area contributed by atoms with E-state index in [1.165, 1.54) is 10.7 Å². The first-order valence-corrected chi connectivity index (χ1v) is 6.05. The molecule has 7 heteroatoms. The third kappa shape index (κ3) is 2.86. The lowest BCUT2D eigenvalue weighted by atomic mass is 10.1. The summed E-state index contributed by atoms with van der Waals surface area (Å²) in [5.74, 6) is 0.585. The minimum atomic E-state index is -4.38. The Morgan fingerprint density at radius 2 is 2.00 bits per heavy atom. The van der Waals surface area contributed by atoms with Gasteiger partial charge in [-0.3, -0.25) is 5.10 Å². The highest BCUT2D eigenvalue weighted by atomic mass is 32.1. The van der Waals surface area contributed by atoms with Crippen molar-refractivity contribution in [2.45, 2.75) is 25.9 Å². The van der Waals surface area contributed by atoms with Crippen molar-refractivity contribution in [2.24, 2.45) is 0 Å². The average Bonchev–Trinajstić information content (AvgIpc) is 2.70. The standard InChI is InChI=1S/C12H12F3N3S/c1-7(2)9-5-11(19)18(17-9)10-4-3-8(6-16-10)12(13,14)15/h3-7,17H,1-2H3. The monoisotopic (exact) mass is 287 g/mol. The number of nitrogens with one attached hydrogen (secondary N) is 1. The molecular weight excluding hydrogens is 275 g/mol. The summed E-state index contributed by atoms with van der Waals surface area (Å²) in [7, 11) is 0. The van der Waals surface area contributed by atoms with Crippen LogP contribution in [-0.2, 0) is 6.18 Å². The maximum Gasteiger partial charge on any atom is 0.417 e. The highest BCUT2D eigenvalue weighted by Gasteiger charge is 2.30. The first-order chi connectivity index (χ1) is 8.79. The van der Waals surface area contributed by atoms with Crippen LogP contribution in [0.4, 0.5) is 13.2 Å². The Kier molecular flexibility index (Phi) is 3.49. The summed E-state index contributed by atoms with van der Waals surface area (Å²) in [6, 6.07) is 4.05. The van der Waals surface area contributed by atoms with E-state index in [9.17, 15) is 13.2 Å². The molecule has 0 aliphatic carbocycles. The number of halogens is 3. The maximum atomic E-state index is 12.4. The van der Waals surface area contributed by atoms with Crippen molar-refractivity contribution >= 4 is 12.2 Å². The van der Waals surface area contributed by atoms with Crippen LogP contribution in [0.15, 0.2) is 24.4 Å². The summed E-state index contributed by atoms with van der Waals surface area (Å²) in [4.78, 5) is 3.79. The fraction of sp³-hybridized carbons (Fsp3) is 0.333. The molecule has 2 heterocycles. The molecule has 0 atom stereocenters. The molecule has 0 spiro atoms. The van der Waals surface area contributed by atoms with E-state index in [-0.39, 0.29) is 5.92 Å². The molecule has 0 fully saturated rings. The van der Waals surface area contributed by atoms with Crippen LogP contribution < -0.4 is 0 Å². The van der Waals surface area contributed by atoms with Crippen LogP contribution in [0.1, 0.15) is 31.0 Å². The predicted octanol–water partition coefficient (Wildman–Crippen LogP) is 4.07. The van der Waals surface area contributed by atoms with E-state index < -0.39 is 11.7 Å². The van der Waals surface area contributed by atoms with Gasteiger partial charge in [0.15, 0.2) is 5.82 Å². The Labute approximate surface area is 113 Å². The Morgan fingerprint density at radius 3 is 2.42 bits per heavy atom. The summed E-state index contributed by atoms with van der Waals surface area (Å²) in [5.41, 5.74) is 0.130. The molecule has 2 aromatic rings. The van der Waals surface area contributed by atoms with E-state index in [4.69, 9.17) is 12.2 Å². The Morgan fingerprint density at radius 1 is 1.32 bits per heavy atom. The summed E-state index contributed by atoms with van der Waals surface area (Å²) in [6.45, 7) is 3.98. The van der Waals surface area contributed by atoms with Gasteiger partial charge in [-0.2, -0.15) is 13.2 Å². The van der Waals surface area contributed by atoms with Crippen LogP contribution in [0.25, 0.3) is 5.82 Å². The fourth-order valence-corrected chi connectivity index (χ4v) is 1.83. The van der Waals surface area contributed by atoms with E-state index in [1.54, 1.807) is 6.07 Å². The van der Waals surface area contributed by atoms with Crippen LogP contribution in [0.3, 0.4) is 0 Å². The molecule has 0 aromatic carbocycles. The molecule has 0 saturated carbocycles. The van der Waals surface area contributed by atoms with Gasteiger partial charge in [0.05, 0.1) is 5.56 Å². The number of hydrogen-bond acceptors (Lipinski definition) is 2. The topological polar surface area (TPSA) is 33.6 Å². The second kappa shape index (κ2) is 4.80. The van der Waals surface area contributed by atoms with Gasteiger partial charge in [-0.15, -0.1) is 0 Å². The Balaban J connectivity index is 2.40. The van der Waals surface area contributed by atoms with Gasteiger partial charge >= 0.3 is 6.18 Å². The highest BCUT2D eigenvalue weighted by molar-refractivity contribution is 7.71. The third-order valence-corrected chi connectivity index (χ3v) is 2.97. The first kappa shape index (κ1) is 13.8. The van der Waals surface area contributed by atoms with Crippen LogP contribution in [0, 0.1) is 4.64 Å². The minimum absolute atomic E-state index is 0.248. The number of aromatic amines is 1. The number of pyridine rings is 1. The van der Waals surface area contributed by atoms with Crippen LogP contribution in [-0.4, -0.2) is 14.8 Å². The van der Waals surface area contributed by atoms with Crippen molar-refractivity contribution in [1.82, 2.24) is 14.8 Å². The molecule has 0 bridgehead atoms. The third-order valence-electron chi connectivity index (χ3n) is 2.67. The molecule has 2 aromatic heterocycles. The van der Waals surface area contributed by atoms with Crippen molar-refractivity contribution in [3.63, 3.8) is 0 Å². The predicted molar refractivity (Wildman–Crippen MR) is 67.8 cm³/mol. The Bertz CT molecular complexity index is 623. The average molecular weight is 287 g/mol. The number of nitrogens with zero attached hydrogens (tertiary/aromatic N) is 2. The number of aromatic nitrogens is 3. The van der Waals surface area contributed by atoms with Gasteiger partial charge in [-0.25, -0.2) is 9.67 Å². The number of H-pyrrole nitrogens is 1. The molecule has 0 unspecified atom stereocenters. The zero-order chi connectivity index (χ0) is 14.2. The lowest BCUT2D eigenvalue weighted by Gasteiger charge is -2.07. The first-order valence-electron chi connectivity index (χ1n) is 5.64. The second-order valence-electron chi connectivity index (χ2n) is 4.44. The van der Waals surface area contributed by atoms with E-state index in [0.29, 0.717) is 10.5 Å². The van der Waals surface area contributed by atoms with E-state index in [2.05, 4.69) is 10.1 Å². The molecule has 0 amide bonds. The molecule has 0 radical (unpaired) electrons. The second-order valence-corrected chi connectivity index (χ2v) is 4.86. The molecule has 3 nitrogen and oxygen atoms in total.